The van der Waals surface area contributed by atoms with E-state index in [0.717, 1.165) is 19.6 Å². The second kappa shape index (κ2) is 3.07. The van der Waals surface area contributed by atoms with E-state index in [2.05, 4.69) is 31.3 Å². The summed E-state index contributed by atoms with van der Waals surface area (Å²) in [6.07, 6.45) is 1.44. The van der Waals surface area contributed by atoms with Gasteiger partial charge in [0, 0.05) is 12.0 Å². The highest BCUT2D eigenvalue weighted by Crippen LogP contribution is 2.32. The van der Waals surface area contributed by atoms with Crippen LogP contribution in [-0.2, 0) is 11.2 Å². The molecule has 0 aromatic heterocycles. The van der Waals surface area contributed by atoms with Crippen molar-refractivity contribution in [2.45, 2.75) is 18.6 Å². The van der Waals surface area contributed by atoms with Crippen LogP contribution in [0.25, 0.3) is 0 Å². The van der Waals surface area contributed by atoms with E-state index in [0.29, 0.717) is 12.1 Å². The van der Waals surface area contributed by atoms with Gasteiger partial charge in [-0.15, -0.1) is 0 Å². The van der Waals surface area contributed by atoms with Crippen LogP contribution < -0.4 is 4.90 Å². The lowest BCUT2D eigenvalue weighted by Crippen LogP contribution is -3.10. The molecular formula is C12H15NO. The van der Waals surface area contributed by atoms with Gasteiger partial charge in [0.1, 0.15) is 12.1 Å². The maximum absolute atomic E-state index is 5.79. The Bertz CT molecular complexity index is 350. The fourth-order valence-electron chi connectivity index (χ4n) is 2.69. The Hall–Kier alpha value is -0.860. The van der Waals surface area contributed by atoms with Gasteiger partial charge in [0.15, 0.2) is 0 Å². The zero-order valence-electron chi connectivity index (χ0n) is 8.20. The van der Waals surface area contributed by atoms with E-state index in [-0.39, 0.29) is 0 Å². The number of rotatable bonds is 0. The molecule has 2 heteroatoms. The van der Waals surface area contributed by atoms with Crippen molar-refractivity contribution < 1.29 is 9.64 Å². The van der Waals surface area contributed by atoms with Crippen LogP contribution in [0.4, 0.5) is 0 Å². The van der Waals surface area contributed by atoms with Gasteiger partial charge in [0.05, 0.1) is 13.2 Å². The van der Waals surface area contributed by atoms with E-state index >= 15 is 0 Å². The number of quaternary nitrogens is 1. The summed E-state index contributed by atoms with van der Waals surface area (Å²) in [6, 6.07) is 9.13. The fourth-order valence-corrected chi connectivity index (χ4v) is 2.69. The molecule has 1 heterocycles. The van der Waals surface area contributed by atoms with Crippen LogP contribution in [0.15, 0.2) is 24.3 Å². The Morgan fingerprint density at radius 2 is 2.21 bits per heavy atom. The molecule has 14 heavy (non-hydrogen) atoms. The molecule has 1 unspecified atom stereocenters. The average molecular weight is 189 g/mol. The van der Waals surface area contributed by atoms with Crippen molar-refractivity contribution in [3.8, 4) is 0 Å². The summed E-state index contributed by atoms with van der Waals surface area (Å²) in [5.74, 6) is 0. The lowest BCUT2D eigenvalue weighted by molar-refractivity contribution is -0.900. The smallest absolute Gasteiger partial charge is 0.116 e. The highest BCUT2D eigenvalue weighted by Gasteiger charge is 2.39. The van der Waals surface area contributed by atoms with Crippen LogP contribution in [0.3, 0.4) is 0 Å². The zero-order chi connectivity index (χ0) is 9.54. The quantitative estimate of drug-likeness (QED) is 0.582. The van der Waals surface area contributed by atoms with Crippen LogP contribution in [0.5, 0.6) is 0 Å². The summed E-state index contributed by atoms with van der Waals surface area (Å²) in [4.78, 5) is 1.35. The SMILES string of the molecule is [CH2-][NH+]1CCO[C@H]2Cc3ccccc3[C@H]21. The van der Waals surface area contributed by atoms with Crippen molar-refractivity contribution in [1.29, 1.82) is 0 Å². The molecule has 74 valence electrons. The molecule has 0 spiro atoms. The highest BCUT2D eigenvalue weighted by molar-refractivity contribution is 5.35. The first kappa shape index (κ1) is 8.45. The van der Waals surface area contributed by atoms with E-state index < -0.39 is 0 Å². The van der Waals surface area contributed by atoms with Gasteiger partial charge in [0.25, 0.3) is 0 Å². The lowest BCUT2D eigenvalue weighted by atomic mass is 10.1. The van der Waals surface area contributed by atoms with Crippen LogP contribution in [-0.4, -0.2) is 19.3 Å². The molecule has 1 fully saturated rings. The predicted molar refractivity (Wildman–Crippen MR) is 53.8 cm³/mol. The molecule has 0 saturated carbocycles. The molecule has 1 aromatic rings. The summed E-state index contributed by atoms with van der Waals surface area (Å²) in [5.41, 5.74) is 2.90. The summed E-state index contributed by atoms with van der Waals surface area (Å²) >= 11 is 0. The predicted octanol–water partition coefficient (Wildman–Crippen LogP) is 0.359. The number of benzene rings is 1. The molecule has 1 saturated heterocycles. The Balaban J connectivity index is 2.03. The van der Waals surface area contributed by atoms with E-state index in [1.807, 2.05) is 0 Å². The van der Waals surface area contributed by atoms with Crippen LogP contribution in [0.1, 0.15) is 17.2 Å². The largest absolute Gasteiger partial charge is 0.458 e. The van der Waals surface area contributed by atoms with Crippen molar-refractivity contribution >= 4 is 0 Å². The van der Waals surface area contributed by atoms with Gasteiger partial charge in [-0.2, -0.15) is 7.05 Å². The molecular weight excluding hydrogens is 174 g/mol. The number of hydrogen-bond acceptors (Lipinski definition) is 1. The van der Waals surface area contributed by atoms with Gasteiger partial charge in [0.2, 0.25) is 0 Å². The van der Waals surface area contributed by atoms with Crippen LogP contribution in [0, 0.1) is 7.05 Å². The molecule has 1 aliphatic heterocycles. The monoisotopic (exact) mass is 189 g/mol. The Morgan fingerprint density at radius 1 is 1.36 bits per heavy atom. The van der Waals surface area contributed by atoms with Gasteiger partial charge in [-0.1, -0.05) is 24.3 Å². The minimum atomic E-state index is 0.369. The molecule has 3 rings (SSSR count). The zero-order valence-corrected chi connectivity index (χ0v) is 8.20. The molecule has 3 atom stereocenters. The lowest BCUT2D eigenvalue weighted by Gasteiger charge is -2.37. The van der Waals surface area contributed by atoms with Crippen LogP contribution >= 0.6 is 0 Å². The maximum Gasteiger partial charge on any atom is 0.116 e. The molecule has 0 radical (unpaired) electrons. The van der Waals surface area contributed by atoms with E-state index in [1.54, 1.807) is 0 Å². The Kier molecular flexibility index (Phi) is 1.85. The second-order valence-corrected chi connectivity index (χ2v) is 4.20. The van der Waals surface area contributed by atoms with Crippen LogP contribution in [0.2, 0.25) is 0 Å². The van der Waals surface area contributed by atoms with Crippen molar-refractivity contribution in [3.63, 3.8) is 0 Å². The topological polar surface area (TPSA) is 13.7 Å². The first-order valence-electron chi connectivity index (χ1n) is 5.23. The normalized spacial score (nSPS) is 35.1. The van der Waals surface area contributed by atoms with Gasteiger partial charge in [-0.3, -0.25) is 0 Å². The van der Waals surface area contributed by atoms with Gasteiger partial charge >= 0.3 is 0 Å². The van der Waals surface area contributed by atoms with Gasteiger partial charge in [-0.05, 0) is 5.56 Å². The van der Waals surface area contributed by atoms with E-state index in [4.69, 9.17) is 4.74 Å². The minimum Gasteiger partial charge on any atom is -0.458 e. The average Bonchev–Trinajstić information content (AvgIpc) is 2.57. The first-order chi connectivity index (χ1) is 6.86. The van der Waals surface area contributed by atoms with Crippen molar-refractivity contribution in [2.24, 2.45) is 0 Å². The third-order valence-electron chi connectivity index (χ3n) is 3.38. The molecule has 1 N–H and O–H groups in total. The molecule has 1 aliphatic carbocycles. The number of hydrogen-bond donors (Lipinski definition) is 1. The van der Waals surface area contributed by atoms with Gasteiger partial charge in [-0.25, -0.2) is 0 Å². The van der Waals surface area contributed by atoms with Crippen molar-refractivity contribution in [1.82, 2.24) is 0 Å². The number of nitrogens with one attached hydrogen (secondary N) is 1. The van der Waals surface area contributed by atoms with Crippen molar-refractivity contribution in [3.05, 3.63) is 42.4 Å². The second-order valence-electron chi connectivity index (χ2n) is 4.20. The summed E-state index contributed by atoms with van der Waals surface area (Å²) in [6.45, 7) is 1.88. The minimum absolute atomic E-state index is 0.369. The standard InChI is InChI=1S/C12H15NO/c1-13-6-7-14-11-8-9-4-2-3-5-10(9)12(11)13/h2-5,11-13H,1,6-8H2/t11-,12+/m0/s1. The molecule has 2 nitrogen and oxygen atoms in total. The highest BCUT2D eigenvalue weighted by atomic mass is 16.5. The number of ether oxygens (including phenoxy) is 1. The van der Waals surface area contributed by atoms with Gasteiger partial charge < -0.3 is 9.64 Å². The van der Waals surface area contributed by atoms with Crippen molar-refractivity contribution in [2.75, 3.05) is 13.2 Å². The fraction of sp³-hybridized carbons (Fsp3) is 0.417. The van der Waals surface area contributed by atoms with E-state index in [9.17, 15) is 0 Å². The third-order valence-corrected chi connectivity index (χ3v) is 3.38. The Morgan fingerprint density at radius 3 is 3.14 bits per heavy atom. The van der Waals surface area contributed by atoms with E-state index in [1.165, 1.54) is 16.0 Å². The summed E-state index contributed by atoms with van der Waals surface area (Å²) in [7, 11) is 4.18. The molecule has 2 aliphatic rings. The summed E-state index contributed by atoms with van der Waals surface area (Å²) < 4.78 is 5.79. The first-order valence-corrected chi connectivity index (χ1v) is 5.23. The molecule has 0 amide bonds. The third kappa shape index (κ3) is 1.11. The number of morpholine rings is 1. The Labute approximate surface area is 84.5 Å². The molecule has 0 bridgehead atoms. The summed E-state index contributed by atoms with van der Waals surface area (Å²) in [5, 5.41) is 0. The number of fused-ring (bicyclic) bond motifs is 3. The maximum atomic E-state index is 5.79. The molecule has 1 aromatic carbocycles.